The lowest BCUT2D eigenvalue weighted by Gasteiger charge is -2.11. The third kappa shape index (κ3) is 2.02. The van der Waals surface area contributed by atoms with E-state index in [0.29, 0.717) is 30.7 Å². The maximum absolute atomic E-state index is 5.88. The van der Waals surface area contributed by atoms with Crippen LogP contribution in [-0.2, 0) is 4.74 Å². The van der Waals surface area contributed by atoms with Crippen molar-refractivity contribution in [2.75, 3.05) is 24.7 Å². The molecule has 1 atom stereocenters. The van der Waals surface area contributed by atoms with E-state index in [1.54, 1.807) is 18.2 Å². The quantitative estimate of drug-likeness (QED) is 0.766. The Labute approximate surface area is 104 Å². The molecule has 1 aromatic heterocycles. The Bertz CT molecular complexity index is 582. The Morgan fingerprint density at radius 2 is 2.17 bits per heavy atom. The second kappa shape index (κ2) is 4.30. The highest BCUT2D eigenvalue weighted by Crippen LogP contribution is 2.23. The maximum Gasteiger partial charge on any atom is 0.319 e. The summed E-state index contributed by atoms with van der Waals surface area (Å²) in [7, 11) is 0. The average Bonchev–Trinajstić information content (AvgIpc) is 2.83. The van der Waals surface area contributed by atoms with Gasteiger partial charge in [-0.05, 0) is 18.2 Å². The van der Waals surface area contributed by atoms with Crippen LogP contribution in [0.2, 0.25) is 0 Å². The standard InChI is InChI=1S/C12H14N4O2/c13-7-1-2-10-9(5-7)11(14)16-12(15-10)18-8-3-4-17-6-8/h1-2,5,8H,3-4,6,13H2,(H2,14,15,16). The minimum atomic E-state index is 0.00984. The molecule has 1 fully saturated rings. The van der Waals surface area contributed by atoms with Crippen LogP contribution in [-0.4, -0.2) is 29.3 Å². The van der Waals surface area contributed by atoms with Gasteiger partial charge in [-0.15, -0.1) is 0 Å². The topological polar surface area (TPSA) is 96.3 Å². The molecule has 2 aromatic rings. The molecule has 18 heavy (non-hydrogen) atoms. The SMILES string of the molecule is Nc1ccc2nc(OC3CCOC3)nc(N)c2c1. The van der Waals surface area contributed by atoms with Crippen molar-refractivity contribution in [3.8, 4) is 6.01 Å². The van der Waals surface area contributed by atoms with E-state index in [0.717, 1.165) is 17.3 Å². The molecule has 1 aliphatic rings. The predicted molar refractivity (Wildman–Crippen MR) is 68.2 cm³/mol. The average molecular weight is 246 g/mol. The minimum absolute atomic E-state index is 0.00984. The molecule has 0 spiro atoms. The second-order valence-electron chi connectivity index (χ2n) is 4.27. The summed E-state index contributed by atoms with van der Waals surface area (Å²) in [6, 6.07) is 5.63. The largest absolute Gasteiger partial charge is 0.458 e. The summed E-state index contributed by atoms with van der Waals surface area (Å²) in [5.41, 5.74) is 12.9. The van der Waals surface area contributed by atoms with Gasteiger partial charge in [0.15, 0.2) is 0 Å². The monoisotopic (exact) mass is 246 g/mol. The lowest BCUT2D eigenvalue weighted by molar-refractivity contribution is 0.134. The number of hydrogen-bond donors (Lipinski definition) is 2. The van der Waals surface area contributed by atoms with Crippen molar-refractivity contribution in [3.63, 3.8) is 0 Å². The Morgan fingerprint density at radius 3 is 2.94 bits per heavy atom. The Hall–Kier alpha value is -2.08. The summed E-state index contributed by atoms with van der Waals surface area (Å²) < 4.78 is 10.9. The van der Waals surface area contributed by atoms with Gasteiger partial charge in [0.2, 0.25) is 0 Å². The maximum atomic E-state index is 5.88. The van der Waals surface area contributed by atoms with Gasteiger partial charge >= 0.3 is 6.01 Å². The molecule has 0 saturated carbocycles. The molecular weight excluding hydrogens is 232 g/mol. The third-order valence-electron chi connectivity index (χ3n) is 2.89. The highest BCUT2D eigenvalue weighted by Gasteiger charge is 2.19. The van der Waals surface area contributed by atoms with Crippen molar-refractivity contribution in [2.45, 2.75) is 12.5 Å². The fourth-order valence-electron chi connectivity index (χ4n) is 1.96. The fourth-order valence-corrected chi connectivity index (χ4v) is 1.96. The molecule has 0 bridgehead atoms. The van der Waals surface area contributed by atoms with Crippen molar-refractivity contribution < 1.29 is 9.47 Å². The van der Waals surface area contributed by atoms with Crippen LogP contribution >= 0.6 is 0 Å². The normalized spacial score (nSPS) is 19.2. The van der Waals surface area contributed by atoms with Crippen molar-refractivity contribution in [1.82, 2.24) is 9.97 Å². The number of rotatable bonds is 2. The Morgan fingerprint density at radius 1 is 1.28 bits per heavy atom. The molecule has 1 unspecified atom stereocenters. The van der Waals surface area contributed by atoms with Gasteiger partial charge in [0.05, 0.1) is 18.7 Å². The lowest BCUT2D eigenvalue weighted by Crippen LogP contribution is -2.17. The van der Waals surface area contributed by atoms with Crippen LogP contribution in [0.5, 0.6) is 6.01 Å². The van der Waals surface area contributed by atoms with Crippen molar-refractivity contribution in [2.24, 2.45) is 0 Å². The minimum Gasteiger partial charge on any atom is -0.458 e. The molecular formula is C12H14N4O2. The fraction of sp³-hybridized carbons (Fsp3) is 0.333. The Kier molecular flexibility index (Phi) is 2.64. The zero-order valence-electron chi connectivity index (χ0n) is 9.80. The van der Waals surface area contributed by atoms with Crippen LogP contribution in [0.3, 0.4) is 0 Å². The Balaban J connectivity index is 1.96. The predicted octanol–water partition coefficient (Wildman–Crippen LogP) is 0.962. The van der Waals surface area contributed by atoms with E-state index in [4.69, 9.17) is 20.9 Å². The van der Waals surface area contributed by atoms with E-state index < -0.39 is 0 Å². The molecule has 2 heterocycles. The van der Waals surface area contributed by atoms with Gasteiger partial charge in [0.25, 0.3) is 0 Å². The summed E-state index contributed by atoms with van der Waals surface area (Å²) in [6.45, 7) is 1.29. The van der Waals surface area contributed by atoms with Crippen LogP contribution in [0.1, 0.15) is 6.42 Å². The van der Waals surface area contributed by atoms with Crippen LogP contribution in [0.4, 0.5) is 11.5 Å². The van der Waals surface area contributed by atoms with Crippen LogP contribution in [0.25, 0.3) is 10.9 Å². The van der Waals surface area contributed by atoms with E-state index in [1.165, 1.54) is 0 Å². The zero-order valence-corrected chi connectivity index (χ0v) is 9.80. The molecule has 6 heteroatoms. The van der Waals surface area contributed by atoms with Gasteiger partial charge in [-0.25, -0.2) is 0 Å². The van der Waals surface area contributed by atoms with E-state index in [1.807, 2.05) is 0 Å². The smallest absolute Gasteiger partial charge is 0.319 e. The molecule has 3 rings (SSSR count). The van der Waals surface area contributed by atoms with Gasteiger partial charge < -0.3 is 20.9 Å². The summed E-state index contributed by atoms with van der Waals surface area (Å²) in [6.07, 6.45) is 0.860. The first-order valence-electron chi connectivity index (χ1n) is 5.79. The number of anilines is 2. The van der Waals surface area contributed by atoms with Crippen LogP contribution in [0.15, 0.2) is 18.2 Å². The molecule has 1 saturated heterocycles. The summed E-state index contributed by atoms with van der Waals surface area (Å²) in [5, 5.41) is 0.741. The van der Waals surface area contributed by atoms with E-state index in [-0.39, 0.29) is 6.10 Å². The van der Waals surface area contributed by atoms with E-state index in [2.05, 4.69) is 9.97 Å². The number of nitrogens with zero attached hydrogens (tertiary/aromatic N) is 2. The molecule has 4 N–H and O–H groups in total. The first-order valence-corrected chi connectivity index (χ1v) is 5.79. The van der Waals surface area contributed by atoms with Gasteiger partial charge in [-0.1, -0.05) is 0 Å². The molecule has 0 radical (unpaired) electrons. The number of ether oxygens (including phenoxy) is 2. The third-order valence-corrected chi connectivity index (χ3v) is 2.89. The molecule has 1 aromatic carbocycles. The van der Waals surface area contributed by atoms with E-state index in [9.17, 15) is 0 Å². The second-order valence-corrected chi connectivity index (χ2v) is 4.27. The van der Waals surface area contributed by atoms with E-state index >= 15 is 0 Å². The lowest BCUT2D eigenvalue weighted by atomic mass is 10.2. The molecule has 94 valence electrons. The number of nitrogen functional groups attached to an aromatic ring is 2. The van der Waals surface area contributed by atoms with Crippen molar-refractivity contribution >= 4 is 22.4 Å². The number of aromatic nitrogens is 2. The van der Waals surface area contributed by atoms with Gasteiger partial charge in [0.1, 0.15) is 11.9 Å². The number of nitrogens with two attached hydrogens (primary N) is 2. The van der Waals surface area contributed by atoms with Crippen molar-refractivity contribution in [1.29, 1.82) is 0 Å². The molecule has 0 aliphatic carbocycles. The first-order chi connectivity index (χ1) is 8.72. The van der Waals surface area contributed by atoms with Crippen LogP contribution < -0.4 is 16.2 Å². The van der Waals surface area contributed by atoms with Gasteiger partial charge in [-0.2, -0.15) is 9.97 Å². The molecule has 1 aliphatic heterocycles. The van der Waals surface area contributed by atoms with Gasteiger partial charge in [0, 0.05) is 17.5 Å². The number of benzene rings is 1. The summed E-state index contributed by atoms with van der Waals surface area (Å²) in [5.74, 6) is 0.376. The molecule has 6 nitrogen and oxygen atoms in total. The van der Waals surface area contributed by atoms with Crippen molar-refractivity contribution in [3.05, 3.63) is 18.2 Å². The first kappa shape index (κ1) is 11.0. The molecule has 0 amide bonds. The highest BCUT2D eigenvalue weighted by molar-refractivity contribution is 5.90. The summed E-state index contributed by atoms with van der Waals surface area (Å²) in [4.78, 5) is 8.46. The number of hydrogen-bond acceptors (Lipinski definition) is 6. The highest BCUT2D eigenvalue weighted by atomic mass is 16.6. The zero-order chi connectivity index (χ0) is 12.5. The van der Waals surface area contributed by atoms with Crippen LogP contribution in [0, 0.1) is 0 Å². The number of fused-ring (bicyclic) bond motifs is 1. The van der Waals surface area contributed by atoms with Gasteiger partial charge in [-0.3, -0.25) is 0 Å². The summed E-state index contributed by atoms with van der Waals surface area (Å²) >= 11 is 0.